The second-order valence-corrected chi connectivity index (χ2v) is 4.54. The Kier molecular flexibility index (Phi) is 7.06. The number of carbonyl (C=O) groups is 1. The number of rotatable bonds is 6. The summed E-state index contributed by atoms with van der Waals surface area (Å²) in [7, 11) is 3.78. The van der Waals surface area contributed by atoms with Crippen molar-refractivity contribution in [3.05, 3.63) is 11.1 Å². The Morgan fingerprint density at radius 2 is 1.88 bits per heavy atom. The van der Waals surface area contributed by atoms with Gasteiger partial charge in [-0.25, -0.2) is 0 Å². The molecule has 0 aliphatic carbocycles. The molecular formula is C13H26N2O. The number of allylic oxidation sites excluding steroid dienone is 1. The van der Waals surface area contributed by atoms with Crippen molar-refractivity contribution < 1.29 is 4.79 Å². The van der Waals surface area contributed by atoms with E-state index >= 15 is 0 Å². The molecule has 0 spiro atoms. The molecule has 3 nitrogen and oxygen atoms in total. The lowest BCUT2D eigenvalue weighted by atomic mass is 10.0. The number of likely N-dealkylation sites (N-methyl/N-ethyl adjacent to an activating group) is 1. The fourth-order valence-corrected chi connectivity index (χ4v) is 1.61. The standard InChI is InChI=1S/C13H26N2O/c1-7-8-15(6)13(16)9-12(14-5)11(4)10(2)3/h12,14H,7-9H2,1-6H3. The summed E-state index contributed by atoms with van der Waals surface area (Å²) < 4.78 is 0. The van der Waals surface area contributed by atoms with Crippen molar-refractivity contribution in [1.82, 2.24) is 10.2 Å². The van der Waals surface area contributed by atoms with Crippen LogP contribution in [0.2, 0.25) is 0 Å². The molecular weight excluding hydrogens is 200 g/mol. The average molecular weight is 226 g/mol. The molecule has 0 bridgehead atoms. The maximum atomic E-state index is 11.9. The minimum Gasteiger partial charge on any atom is -0.346 e. The Bertz CT molecular complexity index is 255. The maximum absolute atomic E-state index is 11.9. The van der Waals surface area contributed by atoms with Gasteiger partial charge >= 0.3 is 0 Å². The molecule has 0 aliphatic heterocycles. The molecule has 0 heterocycles. The first-order valence-corrected chi connectivity index (χ1v) is 5.99. The molecule has 94 valence electrons. The monoisotopic (exact) mass is 226 g/mol. The van der Waals surface area contributed by atoms with E-state index in [1.807, 2.05) is 19.0 Å². The molecule has 1 N–H and O–H groups in total. The minimum absolute atomic E-state index is 0.164. The second kappa shape index (κ2) is 7.44. The first-order valence-electron chi connectivity index (χ1n) is 5.99. The zero-order valence-corrected chi connectivity index (χ0v) is 11.6. The largest absolute Gasteiger partial charge is 0.346 e. The number of nitrogens with zero attached hydrogens (tertiary/aromatic N) is 1. The molecule has 0 aromatic heterocycles. The number of carbonyl (C=O) groups excluding carboxylic acids is 1. The summed E-state index contributed by atoms with van der Waals surface area (Å²) in [5.41, 5.74) is 2.55. The normalized spacial score (nSPS) is 12.1. The topological polar surface area (TPSA) is 32.3 Å². The summed E-state index contributed by atoms with van der Waals surface area (Å²) >= 11 is 0. The van der Waals surface area contributed by atoms with Crippen molar-refractivity contribution in [1.29, 1.82) is 0 Å². The van der Waals surface area contributed by atoms with Gasteiger partial charge in [-0.1, -0.05) is 18.1 Å². The van der Waals surface area contributed by atoms with E-state index in [4.69, 9.17) is 0 Å². The van der Waals surface area contributed by atoms with Gasteiger partial charge < -0.3 is 10.2 Å². The Hall–Kier alpha value is -0.830. The predicted molar refractivity (Wildman–Crippen MR) is 69.4 cm³/mol. The molecule has 0 saturated carbocycles. The minimum atomic E-state index is 0.164. The highest BCUT2D eigenvalue weighted by Gasteiger charge is 2.16. The van der Waals surface area contributed by atoms with Crippen LogP contribution in [0.5, 0.6) is 0 Å². The van der Waals surface area contributed by atoms with E-state index < -0.39 is 0 Å². The summed E-state index contributed by atoms with van der Waals surface area (Å²) in [4.78, 5) is 13.7. The van der Waals surface area contributed by atoms with Gasteiger partial charge in [0.05, 0.1) is 0 Å². The van der Waals surface area contributed by atoms with Crippen molar-refractivity contribution in [2.75, 3.05) is 20.6 Å². The highest BCUT2D eigenvalue weighted by atomic mass is 16.2. The summed E-state index contributed by atoms with van der Waals surface area (Å²) in [5, 5.41) is 3.21. The first-order chi connectivity index (χ1) is 7.43. The summed E-state index contributed by atoms with van der Waals surface area (Å²) in [6.45, 7) is 9.17. The summed E-state index contributed by atoms with van der Waals surface area (Å²) in [5.74, 6) is 0.210. The first kappa shape index (κ1) is 15.2. The fourth-order valence-electron chi connectivity index (χ4n) is 1.61. The molecule has 0 radical (unpaired) electrons. The molecule has 16 heavy (non-hydrogen) atoms. The van der Waals surface area contributed by atoms with Crippen LogP contribution in [0.15, 0.2) is 11.1 Å². The number of hydrogen-bond donors (Lipinski definition) is 1. The van der Waals surface area contributed by atoms with Gasteiger partial charge in [0.25, 0.3) is 0 Å². The lowest BCUT2D eigenvalue weighted by Gasteiger charge is -2.22. The van der Waals surface area contributed by atoms with Crippen LogP contribution in [0, 0.1) is 0 Å². The van der Waals surface area contributed by atoms with E-state index in [-0.39, 0.29) is 11.9 Å². The predicted octanol–water partition coefficient (Wildman–Crippen LogP) is 2.19. The van der Waals surface area contributed by atoms with Crippen molar-refractivity contribution >= 4 is 5.91 Å². The van der Waals surface area contributed by atoms with Crippen LogP contribution >= 0.6 is 0 Å². The van der Waals surface area contributed by atoms with E-state index in [0.29, 0.717) is 6.42 Å². The molecule has 0 aliphatic rings. The SMILES string of the molecule is CCCN(C)C(=O)CC(NC)C(C)=C(C)C. The second-order valence-electron chi connectivity index (χ2n) is 4.54. The zero-order valence-electron chi connectivity index (χ0n) is 11.6. The third-order valence-electron chi connectivity index (χ3n) is 3.02. The van der Waals surface area contributed by atoms with Gasteiger partial charge in [-0.05, 0) is 34.2 Å². The van der Waals surface area contributed by atoms with E-state index in [2.05, 4.69) is 33.0 Å². The Morgan fingerprint density at radius 1 is 1.31 bits per heavy atom. The molecule has 0 rings (SSSR count). The van der Waals surface area contributed by atoms with Gasteiger partial charge in [-0.15, -0.1) is 0 Å². The van der Waals surface area contributed by atoms with Gasteiger partial charge in [0.1, 0.15) is 0 Å². The average Bonchev–Trinajstić information content (AvgIpc) is 2.24. The molecule has 0 aromatic rings. The van der Waals surface area contributed by atoms with E-state index in [1.54, 1.807) is 0 Å². The molecule has 0 saturated heterocycles. The molecule has 3 heteroatoms. The van der Waals surface area contributed by atoms with Gasteiger partial charge in [0.15, 0.2) is 0 Å². The lowest BCUT2D eigenvalue weighted by Crippen LogP contribution is -2.36. The third-order valence-corrected chi connectivity index (χ3v) is 3.02. The van der Waals surface area contributed by atoms with Crippen LogP contribution in [0.4, 0.5) is 0 Å². The lowest BCUT2D eigenvalue weighted by molar-refractivity contribution is -0.130. The Labute approximate surface area is 99.9 Å². The van der Waals surface area contributed by atoms with Crippen molar-refractivity contribution in [3.8, 4) is 0 Å². The highest BCUT2D eigenvalue weighted by molar-refractivity contribution is 5.77. The maximum Gasteiger partial charge on any atom is 0.224 e. The van der Waals surface area contributed by atoms with Gasteiger partial charge in [0.2, 0.25) is 5.91 Å². The summed E-state index contributed by atoms with van der Waals surface area (Å²) in [6, 6.07) is 0.164. The zero-order chi connectivity index (χ0) is 12.7. The van der Waals surface area contributed by atoms with E-state index in [9.17, 15) is 4.79 Å². The van der Waals surface area contributed by atoms with Crippen molar-refractivity contribution in [2.24, 2.45) is 0 Å². The smallest absolute Gasteiger partial charge is 0.224 e. The van der Waals surface area contributed by atoms with Crippen molar-refractivity contribution in [3.63, 3.8) is 0 Å². The van der Waals surface area contributed by atoms with Crippen LogP contribution in [-0.4, -0.2) is 37.5 Å². The highest BCUT2D eigenvalue weighted by Crippen LogP contribution is 2.12. The number of amides is 1. The van der Waals surface area contributed by atoms with Crippen LogP contribution in [-0.2, 0) is 4.79 Å². The third kappa shape index (κ3) is 4.79. The van der Waals surface area contributed by atoms with Crippen LogP contribution in [0.1, 0.15) is 40.5 Å². The Balaban J connectivity index is 4.45. The van der Waals surface area contributed by atoms with Gasteiger partial charge in [0, 0.05) is 26.1 Å². The molecule has 0 fully saturated rings. The van der Waals surface area contributed by atoms with Crippen LogP contribution in [0.25, 0.3) is 0 Å². The summed E-state index contributed by atoms with van der Waals surface area (Å²) in [6.07, 6.45) is 1.55. The number of nitrogens with one attached hydrogen (secondary N) is 1. The van der Waals surface area contributed by atoms with Gasteiger partial charge in [-0.2, -0.15) is 0 Å². The van der Waals surface area contributed by atoms with Crippen LogP contribution < -0.4 is 5.32 Å². The molecule has 0 aromatic carbocycles. The molecule has 1 unspecified atom stereocenters. The van der Waals surface area contributed by atoms with Crippen LogP contribution in [0.3, 0.4) is 0 Å². The molecule has 1 atom stereocenters. The van der Waals surface area contributed by atoms with E-state index in [0.717, 1.165) is 13.0 Å². The van der Waals surface area contributed by atoms with E-state index in [1.165, 1.54) is 11.1 Å². The van der Waals surface area contributed by atoms with Crippen molar-refractivity contribution in [2.45, 2.75) is 46.6 Å². The van der Waals surface area contributed by atoms with Gasteiger partial charge in [-0.3, -0.25) is 4.79 Å². The fraction of sp³-hybridized carbons (Fsp3) is 0.769. The quantitative estimate of drug-likeness (QED) is 0.704. The Morgan fingerprint density at radius 3 is 2.25 bits per heavy atom. The number of hydrogen-bond acceptors (Lipinski definition) is 2. The molecule has 1 amide bonds.